The second-order valence-electron chi connectivity index (χ2n) is 3.09. The Balaban J connectivity index is 3.04. The summed E-state index contributed by atoms with van der Waals surface area (Å²) in [6, 6.07) is 0. The van der Waals surface area contributed by atoms with Crippen molar-refractivity contribution in [3.63, 3.8) is 0 Å². The maximum Gasteiger partial charge on any atom is 0.245 e. The molecule has 0 saturated heterocycles. The number of ether oxygens (including phenoxy) is 3. The van der Waals surface area contributed by atoms with Gasteiger partial charge in [-0.15, -0.1) is 0 Å². The number of hydrogen-bond donors (Lipinski definition) is 1. The van der Waals surface area contributed by atoms with E-state index in [2.05, 4.69) is 5.32 Å². The van der Waals surface area contributed by atoms with Gasteiger partial charge in [0.1, 0.15) is 13.2 Å². The minimum Gasteiger partial charge on any atom is -0.377 e. The highest BCUT2D eigenvalue weighted by Gasteiger charge is 1.97. The van der Waals surface area contributed by atoms with Crippen LogP contribution in [0, 0.1) is 0 Å². The number of carbonyl (C=O) groups excluding carboxylic acids is 2. The first-order valence-corrected chi connectivity index (χ1v) is 5.10. The smallest absolute Gasteiger partial charge is 0.245 e. The lowest BCUT2D eigenvalue weighted by atomic mass is 10.5. The highest BCUT2D eigenvalue weighted by atomic mass is 16.5. The van der Waals surface area contributed by atoms with Crippen LogP contribution in [-0.4, -0.2) is 58.4 Å². The van der Waals surface area contributed by atoms with Crippen LogP contribution in [-0.2, 0) is 23.8 Å². The largest absolute Gasteiger partial charge is 0.377 e. The maximum atomic E-state index is 10.7. The molecule has 6 nitrogen and oxygen atoms in total. The fourth-order valence-corrected chi connectivity index (χ4v) is 0.791. The summed E-state index contributed by atoms with van der Waals surface area (Å²) in [5.41, 5.74) is 0. The van der Waals surface area contributed by atoms with E-state index in [-0.39, 0.29) is 24.9 Å². The van der Waals surface area contributed by atoms with Crippen molar-refractivity contribution in [1.82, 2.24) is 5.32 Å². The molecule has 0 aliphatic heterocycles. The fourth-order valence-electron chi connectivity index (χ4n) is 0.791. The van der Waals surface area contributed by atoms with Crippen LogP contribution in [0.1, 0.15) is 6.92 Å². The van der Waals surface area contributed by atoms with Gasteiger partial charge in [-0.25, -0.2) is 0 Å². The highest BCUT2D eigenvalue weighted by molar-refractivity contribution is 5.77. The van der Waals surface area contributed by atoms with Crippen LogP contribution in [0.4, 0.5) is 0 Å². The van der Waals surface area contributed by atoms with E-state index >= 15 is 0 Å². The van der Waals surface area contributed by atoms with Gasteiger partial charge in [0.2, 0.25) is 5.91 Å². The molecule has 0 aliphatic rings. The van der Waals surface area contributed by atoms with Gasteiger partial charge in [-0.3, -0.25) is 9.59 Å². The zero-order valence-corrected chi connectivity index (χ0v) is 9.78. The maximum absolute atomic E-state index is 10.7. The summed E-state index contributed by atoms with van der Waals surface area (Å²) in [7, 11) is 1.55. The molecule has 0 aromatic carbocycles. The molecule has 0 bridgehead atoms. The third-order valence-corrected chi connectivity index (χ3v) is 1.56. The van der Waals surface area contributed by atoms with Gasteiger partial charge in [-0.1, -0.05) is 0 Å². The van der Waals surface area contributed by atoms with Crippen LogP contribution in [0.25, 0.3) is 0 Å². The normalized spacial score (nSPS) is 10.1. The molecular weight excluding hydrogens is 214 g/mol. The van der Waals surface area contributed by atoms with Crippen LogP contribution in [0.5, 0.6) is 0 Å². The van der Waals surface area contributed by atoms with Crippen molar-refractivity contribution in [3.8, 4) is 0 Å². The zero-order valence-electron chi connectivity index (χ0n) is 9.78. The molecule has 16 heavy (non-hydrogen) atoms. The number of nitrogens with one attached hydrogen (secondary N) is 1. The Morgan fingerprint density at radius 1 is 0.938 bits per heavy atom. The third-order valence-electron chi connectivity index (χ3n) is 1.56. The number of hydrogen-bond acceptors (Lipinski definition) is 5. The van der Waals surface area contributed by atoms with Crippen molar-refractivity contribution in [2.45, 2.75) is 6.92 Å². The summed E-state index contributed by atoms with van der Waals surface area (Å²) in [6.45, 7) is 3.19. The molecular formula is C10H19NO5. The van der Waals surface area contributed by atoms with E-state index in [1.54, 1.807) is 7.05 Å². The molecule has 0 rings (SSSR count). The molecule has 1 N–H and O–H groups in total. The average Bonchev–Trinajstić information content (AvgIpc) is 2.26. The first kappa shape index (κ1) is 15.0. The van der Waals surface area contributed by atoms with Crippen LogP contribution >= 0.6 is 0 Å². The summed E-state index contributed by atoms with van der Waals surface area (Å²) < 4.78 is 15.1. The van der Waals surface area contributed by atoms with Crippen LogP contribution < -0.4 is 5.32 Å². The molecule has 0 fully saturated rings. The predicted molar refractivity (Wildman–Crippen MR) is 57.2 cm³/mol. The Labute approximate surface area is 95.2 Å². The summed E-state index contributed by atoms with van der Waals surface area (Å²) in [5.74, 6) is -0.168. The molecule has 0 heterocycles. The zero-order chi connectivity index (χ0) is 12.2. The van der Waals surface area contributed by atoms with E-state index in [1.165, 1.54) is 6.92 Å². The van der Waals surface area contributed by atoms with Crippen molar-refractivity contribution in [2.24, 2.45) is 0 Å². The van der Waals surface area contributed by atoms with Crippen LogP contribution in [0.3, 0.4) is 0 Å². The number of likely N-dealkylation sites (N-methyl/N-ethyl adjacent to an activating group) is 1. The van der Waals surface area contributed by atoms with Gasteiger partial charge < -0.3 is 19.5 Å². The van der Waals surface area contributed by atoms with Crippen molar-refractivity contribution < 1.29 is 23.8 Å². The van der Waals surface area contributed by atoms with Gasteiger partial charge in [-0.2, -0.15) is 0 Å². The second kappa shape index (κ2) is 10.5. The van der Waals surface area contributed by atoms with Gasteiger partial charge in [0.15, 0.2) is 5.78 Å². The SMILES string of the molecule is CNC(=O)COCCOCCOCC(C)=O. The molecule has 0 atom stereocenters. The number of ketones is 1. The molecule has 0 aromatic heterocycles. The quantitative estimate of drug-likeness (QED) is 0.509. The topological polar surface area (TPSA) is 73.9 Å². The highest BCUT2D eigenvalue weighted by Crippen LogP contribution is 1.82. The van der Waals surface area contributed by atoms with E-state index in [9.17, 15) is 9.59 Å². The second-order valence-corrected chi connectivity index (χ2v) is 3.09. The fraction of sp³-hybridized carbons (Fsp3) is 0.800. The van der Waals surface area contributed by atoms with E-state index < -0.39 is 0 Å². The number of carbonyl (C=O) groups is 2. The Hall–Kier alpha value is -0.980. The molecule has 1 amide bonds. The lowest BCUT2D eigenvalue weighted by Gasteiger charge is -2.05. The minimum atomic E-state index is -0.162. The summed E-state index contributed by atoms with van der Waals surface area (Å²) in [5, 5.41) is 2.44. The lowest BCUT2D eigenvalue weighted by Crippen LogP contribution is -2.24. The Kier molecular flexibility index (Phi) is 9.89. The average molecular weight is 233 g/mol. The van der Waals surface area contributed by atoms with E-state index in [0.29, 0.717) is 26.4 Å². The molecule has 0 aromatic rings. The van der Waals surface area contributed by atoms with Crippen LogP contribution in [0.15, 0.2) is 0 Å². The Bertz CT molecular complexity index is 207. The summed E-state index contributed by atoms with van der Waals surface area (Å²) in [4.78, 5) is 21.2. The van der Waals surface area contributed by atoms with E-state index in [4.69, 9.17) is 14.2 Å². The molecule has 94 valence electrons. The Morgan fingerprint density at radius 3 is 1.94 bits per heavy atom. The molecule has 0 unspecified atom stereocenters. The van der Waals surface area contributed by atoms with Gasteiger partial charge in [0.25, 0.3) is 0 Å². The minimum absolute atomic E-state index is 0.00564. The molecule has 0 radical (unpaired) electrons. The summed E-state index contributed by atoms with van der Waals surface area (Å²) in [6.07, 6.45) is 0. The predicted octanol–water partition coefficient (Wildman–Crippen LogP) is -0.629. The van der Waals surface area contributed by atoms with Gasteiger partial charge in [0, 0.05) is 7.05 Å². The van der Waals surface area contributed by atoms with Gasteiger partial charge >= 0.3 is 0 Å². The van der Waals surface area contributed by atoms with Gasteiger partial charge in [-0.05, 0) is 6.92 Å². The lowest BCUT2D eigenvalue weighted by molar-refractivity contribution is -0.125. The van der Waals surface area contributed by atoms with Crippen molar-refractivity contribution >= 4 is 11.7 Å². The van der Waals surface area contributed by atoms with Gasteiger partial charge in [0.05, 0.1) is 26.4 Å². The van der Waals surface area contributed by atoms with Crippen LogP contribution in [0.2, 0.25) is 0 Å². The molecule has 0 spiro atoms. The van der Waals surface area contributed by atoms with E-state index in [1.807, 2.05) is 0 Å². The number of rotatable bonds is 10. The third kappa shape index (κ3) is 11.1. The monoisotopic (exact) mass is 233 g/mol. The van der Waals surface area contributed by atoms with E-state index in [0.717, 1.165) is 0 Å². The van der Waals surface area contributed by atoms with Crippen molar-refractivity contribution in [3.05, 3.63) is 0 Å². The van der Waals surface area contributed by atoms with Crippen molar-refractivity contribution in [2.75, 3.05) is 46.7 Å². The first-order chi connectivity index (χ1) is 7.66. The van der Waals surface area contributed by atoms with Crippen molar-refractivity contribution in [1.29, 1.82) is 0 Å². The molecule has 0 saturated carbocycles. The summed E-state index contributed by atoms with van der Waals surface area (Å²) >= 11 is 0. The number of Topliss-reactive ketones (excluding diaryl/α,β-unsaturated/α-hetero) is 1. The molecule has 0 aliphatic carbocycles. The first-order valence-electron chi connectivity index (χ1n) is 5.10. The standard InChI is InChI=1S/C10H19NO5/c1-9(12)7-15-5-3-14-4-6-16-8-10(13)11-2/h3-8H2,1-2H3,(H,11,13). The number of amides is 1. The molecule has 6 heteroatoms. The Morgan fingerprint density at radius 2 is 1.44 bits per heavy atom.